The van der Waals surface area contributed by atoms with Crippen LogP contribution < -0.4 is 5.32 Å². The van der Waals surface area contributed by atoms with E-state index in [4.69, 9.17) is 0 Å². The Morgan fingerprint density at radius 3 is 2.61 bits per heavy atom. The highest BCUT2D eigenvalue weighted by atomic mass is 19.4. The molecule has 23 heavy (non-hydrogen) atoms. The molecule has 0 saturated carbocycles. The lowest BCUT2D eigenvalue weighted by atomic mass is 9.95. The van der Waals surface area contributed by atoms with Crippen molar-refractivity contribution in [3.8, 4) is 5.69 Å². The first-order chi connectivity index (χ1) is 10.9. The number of amides is 1. The van der Waals surface area contributed by atoms with Gasteiger partial charge in [0.05, 0.1) is 0 Å². The van der Waals surface area contributed by atoms with Crippen LogP contribution in [-0.2, 0) is 23.8 Å². The Morgan fingerprint density at radius 1 is 1.22 bits per heavy atom. The molecular formula is C15H13F4N3O. The van der Waals surface area contributed by atoms with Crippen molar-refractivity contribution in [2.75, 3.05) is 5.32 Å². The van der Waals surface area contributed by atoms with Crippen molar-refractivity contribution in [1.29, 1.82) is 0 Å². The molecule has 0 unspecified atom stereocenters. The number of halogens is 4. The molecule has 1 heterocycles. The van der Waals surface area contributed by atoms with E-state index < -0.39 is 17.7 Å². The fourth-order valence-corrected chi connectivity index (χ4v) is 2.86. The van der Waals surface area contributed by atoms with Crippen molar-refractivity contribution in [3.63, 3.8) is 0 Å². The van der Waals surface area contributed by atoms with E-state index in [1.165, 1.54) is 12.1 Å². The van der Waals surface area contributed by atoms with Crippen LogP contribution in [0.2, 0.25) is 0 Å². The predicted molar refractivity (Wildman–Crippen MR) is 74.9 cm³/mol. The van der Waals surface area contributed by atoms with Crippen LogP contribution in [0.5, 0.6) is 0 Å². The lowest BCUT2D eigenvalue weighted by Crippen LogP contribution is -2.11. The molecule has 1 N–H and O–H groups in total. The van der Waals surface area contributed by atoms with Crippen molar-refractivity contribution < 1.29 is 22.4 Å². The summed E-state index contributed by atoms with van der Waals surface area (Å²) in [5.74, 6) is -0.749. The molecule has 2 aromatic rings. The molecule has 4 nitrogen and oxygen atoms in total. The summed E-state index contributed by atoms with van der Waals surface area (Å²) < 4.78 is 54.7. The first kappa shape index (κ1) is 15.5. The number of fused-ring (bicyclic) bond motifs is 1. The summed E-state index contributed by atoms with van der Waals surface area (Å²) >= 11 is 0. The minimum atomic E-state index is -4.57. The summed E-state index contributed by atoms with van der Waals surface area (Å²) in [5.41, 5.74) is -0.230. The van der Waals surface area contributed by atoms with Crippen molar-refractivity contribution in [3.05, 3.63) is 41.0 Å². The summed E-state index contributed by atoms with van der Waals surface area (Å²) in [4.78, 5) is 10.4. The molecule has 0 saturated heterocycles. The summed E-state index contributed by atoms with van der Waals surface area (Å²) in [6.45, 7) is 0. The van der Waals surface area contributed by atoms with Gasteiger partial charge in [-0.1, -0.05) is 0 Å². The molecule has 1 aliphatic carbocycles. The van der Waals surface area contributed by atoms with E-state index in [1.807, 2.05) is 0 Å². The number of carbonyl (C=O) groups is 1. The standard InChI is InChI=1S/C15H13F4N3O/c16-11-7-9(20-8-23)5-6-13(11)22-12-4-2-1-3-10(12)14(21-22)15(17,18)19/h5-8H,1-4H2,(H,20,23). The third-order valence-electron chi connectivity index (χ3n) is 3.85. The maximum Gasteiger partial charge on any atom is 0.435 e. The van der Waals surface area contributed by atoms with Crippen molar-refractivity contribution >= 4 is 12.1 Å². The molecule has 1 amide bonds. The van der Waals surface area contributed by atoms with E-state index in [0.29, 0.717) is 24.9 Å². The number of aromatic nitrogens is 2. The van der Waals surface area contributed by atoms with Crippen LogP contribution in [0, 0.1) is 5.82 Å². The van der Waals surface area contributed by atoms with Gasteiger partial charge in [0.1, 0.15) is 5.69 Å². The van der Waals surface area contributed by atoms with Gasteiger partial charge in [0, 0.05) is 16.9 Å². The second-order valence-corrected chi connectivity index (χ2v) is 5.32. The first-order valence-electron chi connectivity index (χ1n) is 7.10. The van der Waals surface area contributed by atoms with Gasteiger partial charge < -0.3 is 5.32 Å². The van der Waals surface area contributed by atoms with Crippen LogP contribution in [0.15, 0.2) is 18.2 Å². The predicted octanol–water partition coefficient (Wildman–Crippen LogP) is 3.48. The number of anilines is 1. The monoisotopic (exact) mass is 327 g/mol. The van der Waals surface area contributed by atoms with Gasteiger partial charge in [-0.05, 0) is 43.9 Å². The van der Waals surface area contributed by atoms with E-state index in [2.05, 4.69) is 10.4 Å². The maximum atomic E-state index is 14.2. The van der Waals surface area contributed by atoms with Crippen molar-refractivity contribution in [2.45, 2.75) is 31.9 Å². The van der Waals surface area contributed by atoms with Crippen LogP contribution in [0.1, 0.15) is 29.8 Å². The minimum absolute atomic E-state index is 0.0601. The van der Waals surface area contributed by atoms with E-state index >= 15 is 0 Å². The molecule has 0 atom stereocenters. The fourth-order valence-electron chi connectivity index (χ4n) is 2.86. The summed E-state index contributed by atoms with van der Waals surface area (Å²) in [6, 6.07) is 3.77. The van der Waals surface area contributed by atoms with E-state index in [9.17, 15) is 22.4 Å². The Kier molecular flexibility index (Phi) is 3.83. The Bertz CT molecular complexity index is 752. The zero-order valence-electron chi connectivity index (χ0n) is 12.0. The minimum Gasteiger partial charge on any atom is -0.329 e. The molecule has 1 aromatic heterocycles. The molecular weight excluding hydrogens is 314 g/mol. The SMILES string of the molecule is O=CNc1ccc(-n2nc(C(F)(F)F)c3c2CCCC3)c(F)c1. The Labute approximate surface area is 129 Å². The lowest BCUT2D eigenvalue weighted by molar-refractivity contribution is -0.142. The van der Waals surface area contributed by atoms with Gasteiger partial charge in [-0.3, -0.25) is 4.79 Å². The van der Waals surface area contributed by atoms with Crippen LogP contribution >= 0.6 is 0 Å². The number of alkyl halides is 3. The molecule has 1 aliphatic rings. The zero-order valence-corrected chi connectivity index (χ0v) is 12.0. The van der Waals surface area contributed by atoms with Gasteiger partial charge in [0.2, 0.25) is 6.41 Å². The summed E-state index contributed by atoms with van der Waals surface area (Å²) in [5, 5.41) is 5.92. The maximum absolute atomic E-state index is 14.2. The van der Waals surface area contributed by atoms with E-state index in [-0.39, 0.29) is 23.4 Å². The third-order valence-corrected chi connectivity index (χ3v) is 3.85. The van der Waals surface area contributed by atoms with Gasteiger partial charge in [-0.2, -0.15) is 18.3 Å². The number of hydrogen-bond donors (Lipinski definition) is 1. The average molecular weight is 327 g/mol. The van der Waals surface area contributed by atoms with Crippen LogP contribution in [0.4, 0.5) is 23.2 Å². The van der Waals surface area contributed by atoms with Gasteiger partial charge in [0.15, 0.2) is 11.5 Å². The van der Waals surface area contributed by atoms with Crippen LogP contribution in [-0.4, -0.2) is 16.2 Å². The Morgan fingerprint density at radius 2 is 1.96 bits per heavy atom. The Hall–Kier alpha value is -2.38. The smallest absolute Gasteiger partial charge is 0.329 e. The molecule has 0 fully saturated rings. The lowest BCUT2D eigenvalue weighted by Gasteiger charge is -2.15. The van der Waals surface area contributed by atoms with Crippen molar-refractivity contribution in [2.24, 2.45) is 0 Å². The molecule has 3 rings (SSSR count). The number of nitrogens with one attached hydrogen (secondary N) is 1. The van der Waals surface area contributed by atoms with E-state index in [1.54, 1.807) is 0 Å². The van der Waals surface area contributed by atoms with Gasteiger partial charge in [-0.25, -0.2) is 9.07 Å². The number of nitrogens with zero attached hydrogens (tertiary/aromatic N) is 2. The second kappa shape index (κ2) is 5.68. The molecule has 0 spiro atoms. The topological polar surface area (TPSA) is 46.9 Å². The number of benzene rings is 1. The average Bonchev–Trinajstić information content (AvgIpc) is 2.87. The number of rotatable bonds is 3. The Balaban J connectivity index is 2.13. The van der Waals surface area contributed by atoms with E-state index in [0.717, 1.165) is 17.2 Å². The highest BCUT2D eigenvalue weighted by molar-refractivity contribution is 5.71. The second-order valence-electron chi connectivity index (χ2n) is 5.32. The largest absolute Gasteiger partial charge is 0.435 e. The van der Waals surface area contributed by atoms with Gasteiger partial charge in [-0.15, -0.1) is 0 Å². The highest BCUT2D eigenvalue weighted by Gasteiger charge is 2.39. The number of hydrogen-bond acceptors (Lipinski definition) is 2. The zero-order chi connectivity index (χ0) is 16.6. The van der Waals surface area contributed by atoms with Gasteiger partial charge in [0.25, 0.3) is 0 Å². The molecule has 122 valence electrons. The molecule has 1 aromatic carbocycles. The normalized spacial score (nSPS) is 14.4. The van der Waals surface area contributed by atoms with Gasteiger partial charge >= 0.3 is 6.18 Å². The van der Waals surface area contributed by atoms with Crippen LogP contribution in [0.3, 0.4) is 0 Å². The molecule has 0 aliphatic heterocycles. The summed E-state index contributed by atoms with van der Waals surface area (Å²) in [7, 11) is 0. The highest BCUT2D eigenvalue weighted by Crippen LogP contribution is 2.37. The first-order valence-corrected chi connectivity index (χ1v) is 7.10. The fraction of sp³-hybridized carbons (Fsp3) is 0.333. The van der Waals surface area contributed by atoms with Crippen molar-refractivity contribution in [1.82, 2.24) is 9.78 Å². The molecule has 8 heteroatoms. The molecule has 0 bridgehead atoms. The molecule has 0 radical (unpaired) electrons. The summed E-state index contributed by atoms with van der Waals surface area (Å²) in [6.07, 6.45) is -2.06. The van der Waals surface area contributed by atoms with Crippen LogP contribution in [0.25, 0.3) is 5.69 Å². The quantitative estimate of drug-likeness (QED) is 0.693. The number of carbonyl (C=O) groups excluding carboxylic acids is 1. The third kappa shape index (κ3) is 2.80.